The fraction of sp³-hybridized carbons (Fsp3) is 0.286. The molecule has 4 aromatic carbocycles. The molecule has 0 aliphatic heterocycles. The molecule has 6 rings (SSSR count). The van der Waals surface area contributed by atoms with Crippen molar-refractivity contribution in [2.45, 2.75) is 61.3 Å². The van der Waals surface area contributed by atoms with Gasteiger partial charge in [-0.05, 0) is 97.2 Å². The predicted octanol–water partition coefficient (Wildman–Crippen LogP) is 7.28. The number of amides is 1. The van der Waals surface area contributed by atoms with Crippen LogP contribution in [-0.4, -0.2) is 49.5 Å². The van der Waals surface area contributed by atoms with Crippen molar-refractivity contribution >= 4 is 15.9 Å². The maximum absolute atomic E-state index is 15.0. The maximum atomic E-state index is 15.0. The molecule has 0 radical (unpaired) electrons. The zero-order valence-electron chi connectivity index (χ0n) is 29.7. The molecule has 1 aromatic heterocycles. The Bertz CT molecular complexity index is 1890. The van der Waals surface area contributed by atoms with Gasteiger partial charge in [-0.25, -0.2) is 13.9 Å². The van der Waals surface area contributed by atoms with Gasteiger partial charge in [-0.3, -0.25) is 14.6 Å². The van der Waals surface area contributed by atoms with Crippen LogP contribution in [0.2, 0.25) is 0 Å². The van der Waals surface area contributed by atoms with Gasteiger partial charge >= 0.3 is 0 Å². The number of hydroxylamine groups is 1. The first-order valence-electron chi connectivity index (χ1n) is 17.4. The molecule has 10 heteroatoms. The first-order valence-corrected chi connectivity index (χ1v) is 18.9. The lowest BCUT2D eigenvalue weighted by Crippen LogP contribution is -2.55. The van der Waals surface area contributed by atoms with Crippen LogP contribution in [0.25, 0.3) is 0 Å². The lowest BCUT2D eigenvalue weighted by Gasteiger charge is -2.42. The van der Waals surface area contributed by atoms with Crippen molar-refractivity contribution in [3.63, 3.8) is 0 Å². The van der Waals surface area contributed by atoms with E-state index in [9.17, 15) is 8.42 Å². The van der Waals surface area contributed by atoms with E-state index in [0.29, 0.717) is 37.0 Å². The van der Waals surface area contributed by atoms with E-state index in [2.05, 4.69) is 17.4 Å². The molecule has 0 unspecified atom stereocenters. The highest BCUT2D eigenvalue weighted by Crippen LogP contribution is 2.41. The topological polar surface area (TPSA) is 107 Å². The Labute approximate surface area is 306 Å². The van der Waals surface area contributed by atoms with Crippen molar-refractivity contribution in [1.82, 2.24) is 14.8 Å². The lowest BCUT2D eigenvalue weighted by molar-refractivity contribution is -0.150. The van der Waals surface area contributed by atoms with Crippen molar-refractivity contribution in [2.24, 2.45) is 5.92 Å². The SMILES string of the molecule is COc1ccc(S(=O)(=O)N(Cc2ccncc2)[C@@H](C(=O)NOC(c2ccccc2)(c2ccccc2)c2ccccc2)[C@H]2CC[C@](C)(OC)CC2)cc1. The van der Waals surface area contributed by atoms with Gasteiger partial charge in [0, 0.05) is 26.0 Å². The van der Waals surface area contributed by atoms with Gasteiger partial charge in [-0.1, -0.05) is 91.0 Å². The molecule has 1 aliphatic rings. The minimum Gasteiger partial charge on any atom is -0.497 e. The normalized spacial score (nSPS) is 18.4. The summed E-state index contributed by atoms with van der Waals surface area (Å²) in [7, 11) is -1.04. The molecule has 1 atom stereocenters. The Morgan fingerprint density at radius 2 is 1.31 bits per heavy atom. The molecule has 1 fully saturated rings. The molecule has 9 nitrogen and oxygen atoms in total. The number of rotatable bonds is 14. The van der Waals surface area contributed by atoms with Gasteiger partial charge in [-0.15, -0.1) is 0 Å². The number of hydrogen-bond acceptors (Lipinski definition) is 7. The number of ether oxygens (including phenoxy) is 2. The number of pyridine rings is 1. The average Bonchev–Trinajstić information content (AvgIpc) is 3.20. The molecular formula is C42H45N3O6S. The molecule has 1 N–H and O–H groups in total. The Hall–Kier alpha value is -4.87. The van der Waals surface area contributed by atoms with E-state index in [4.69, 9.17) is 14.3 Å². The number of hydrogen-bond donors (Lipinski definition) is 1. The van der Waals surface area contributed by atoms with Gasteiger partial charge in [0.2, 0.25) is 10.0 Å². The van der Waals surface area contributed by atoms with E-state index >= 15 is 4.79 Å². The van der Waals surface area contributed by atoms with Gasteiger partial charge in [0.1, 0.15) is 11.8 Å². The molecular weight excluding hydrogens is 675 g/mol. The highest BCUT2D eigenvalue weighted by Gasteiger charge is 2.46. The van der Waals surface area contributed by atoms with Gasteiger partial charge < -0.3 is 9.47 Å². The molecule has 5 aromatic rings. The molecule has 52 heavy (non-hydrogen) atoms. The molecule has 1 amide bonds. The van der Waals surface area contributed by atoms with E-state index in [1.54, 1.807) is 43.8 Å². The number of methoxy groups -OCH3 is 2. The minimum atomic E-state index is -4.25. The number of aromatic nitrogens is 1. The molecule has 1 saturated carbocycles. The van der Waals surface area contributed by atoms with Crippen LogP contribution in [0.5, 0.6) is 5.75 Å². The quantitative estimate of drug-likeness (QED) is 0.0950. The Balaban J connectivity index is 1.46. The summed E-state index contributed by atoms with van der Waals surface area (Å²) < 4.78 is 42.1. The summed E-state index contributed by atoms with van der Waals surface area (Å²) >= 11 is 0. The predicted molar refractivity (Wildman–Crippen MR) is 200 cm³/mol. The van der Waals surface area contributed by atoms with Gasteiger partial charge in [0.15, 0.2) is 5.60 Å². The van der Waals surface area contributed by atoms with E-state index in [1.807, 2.05) is 91.0 Å². The number of nitrogens with one attached hydrogen (secondary N) is 1. The third-order valence-corrected chi connectivity index (χ3v) is 12.0. The van der Waals surface area contributed by atoms with E-state index < -0.39 is 27.6 Å². The fourth-order valence-electron chi connectivity index (χ4n) is 7.12. The maximum Gasteiger partial charge on any atom is 0.262 e. The third kappa shape index (κ3) is 7.80. The van der Waals surface area contributed by atoms with Crippen LogP contribution in [0.4, 0.5) is 0 Å². The molecule has 0 bridgehead atoms. The summed E-state index contributed by atoms with van der Waals surface area (Å²) in [5, 5.41) is 0. The number of carbonyl (C=O) groups excluding carboxylic acids is 1. The van der Waals surface area contributed by atoms with Crippen LogP contribution in [0.15, 0.2) is 145 Å². The number of nitrogens with zero attached hydrogens (tertiary/aromatic N) is 2. The molecule has 0 saturated heterocycles. The van der Waals surface area contributed by atoms with E-state index in [1.165, 1.54) is 23.5 Å². The third-order valence-electron chi connectivity index (χ3n) is 10.2. The average molecular weight is 720 g/mol. The Morgan fingerprint density at radius 1 is 0.808 bits per heavy atom. The van der Waals surface area contributed by atoms with Crippen molar-refractivity contribution in [1.29, 1.82) is 0 Å². The van der Waals surface area contributed by atoms with Gasteiger partial charge in [-0.2, -0.15) is 4.31 Å². The summed E-state index contributed by atoms with van der Waals surface area (Å²) in [5.41, 5.74) is 4.27. The molecule has 0 spiro atoms. The van der Waals surface area contributed by atoms with Crippen LogP contribution in [0.1, 0.15) is 54.9 Å². The van der Waals surface area contributed by atoms with E-state index in [-0.39, 0.29) is 23.0 Å². The van der Waals surface area contributed by atoms with Crippen LogP contribution in [0, 0.1) is 5.92 Å². The van der Waals surface area contributed by atoms with Crippen LogP contribution < -0.4 is 10.2 Å². The highest BCUT2D eigenvalue weighted by molar-refractivity contribution is 7.89. The standard InChI is InChI=1S/C42H45N3O6S/c1-41(50-3)27-23-33(24-28-41)39(45(31-32-25-29-43-30-26-32)52(47,48)38-21-19-37(49-2)20-22-38)40(46)44-51-42(34-13-7-4-8-14-34,35-15-9-5-10-16-35)36-17-11-6-12-18-36/h4-22,25-26,29-30,33,39H,23-24,27-28,31H2,1-3H3,(H,44,46)/t33-,39-,41-/m1/s1. The second-order valence-electron chi connectivity index (χ2n) is 13.4. The fourth-order valence-corrected chi connectivity index (χ4v) is 8.75. The second-order valence-corrected chi connectivity index (χ2v) is 15.3. The summed E-state index contributed by atoms with van der Waals surface area (Å²) in [4.78, 5) is 26.0. The van der Waals surface area contributed by atoms with Crippen LogP contribution >= 0.6 is 0 Å². The van der Waals surface area contributed by atoms with Crippen molar-refractivity contribution < 1.29 is 27.5 Å². The Morgan fingerprint density at radius 3 is 1.77 bits per heavy atom. The Kier molecular flexibility index (Phi) is 11.5. The first kappa shape index (κ1) is 36.9. The lowest BCUT2D eigenvalue weighted by atomic mass is 9.76. The summed E-state index contributed by atoms with van der Waals surface area (Å²) in [5.74, 6) is -0.391. The number of sulfonamides is 1. The zero-order valence-corrected chi connectivity index (χ0v) is 30.5. The van der Waals surface area contributed by atoms with Gasteiger partial charge in [0.25, 0.3) is 5.91 Å². The summed E-state index contributed by atoms with van der Waals surface area (Å²) in [6.07, 6.45) is 5.68. The second kappa shape index (κ2) is 16.2. The largest absolute Gasteiger partial charge is 0.497 e. The van der Waals surface area contributed by atoms with Crippen molar-refractivity contribution in [3.05, 3.63) is 162 Å². The first-order chi connectivity index (χ1) is 25.2. The summed E-state index contributed by atoms with van der Waals surface area (Å²) in [6, 6.07) is 37.7. The smallest absolute Gasteiger partial charge is 0.262 e. The minimum absolute atomic E-state index is 0.0471. The van der Waals surface area contributed by atoms with Crippen LogP contribution in [0.3, 0.4) is 0 Å². The number of benzene rings is 4. The highest BCUT2D eigenvalue weighted by atomic mass is 32.2. The molecule has 1 heterocycles. The van der Waals surface area contributed by atoms with Crippen molar-refractivity contribution in [2.75, 3.05) is 14.2 Å². The molecule has 270 valence electrons. The van der Waals surface area contributed by atoms with Crippen LogP contribution in [-0.2, 0) is 36.5 Å². The zero-order chi connectivity index (χ0) is 36.6. The van der Waals surface area contributed by atoms with Gasteiger partial charge in [0.05, 0.1) is 17.6 Å². The van der Waals surface area contributed by atoms with Crippen molar-refractivity contribution in [3.8, 4) is 5.75 Å². The van der Waals surface area contributed by atoms with E-state index in [0.717, 1.165) is 16.7 Å². The number of carbonyl (C=O) groups is 1. The summed E-state index contributed by atoms with van der Waals surface area (Å²) in [6.45, 7) is 1.99. The monoisotopic (exact) mass is 719 g/mol. The molecule has 1 aliphatic carbocycles.